The number of aliphatic hydroxyl groups is 1. The molecule has 0 heterocycles. The van der Waals surface area contributed by atoms with E-state index in [2.05, 4.69) is 12.8 Å². The van der Waals surface area contributed by atoms with Gasteiger partial charge in [0.1, 0.15) is 11.7 Å². The van der Waals surface area contributed by atoms with Gasteiger partial charge in [0.05, 0.1) is 0 Å². The molecule has 0 radical (unpaired) electrons. The minimum atomic E-state index is -1.00. The van der Waals surface area contributed by atoms with Crippen LogP contribution in [0.1, 0.15) is 58.8 Å². The predicted octanol–water partition coefficient (Wildman–Crippen LogP) is 3.03. The quantitative estimate of drug-likeness (QED) is 0.579. The number of terminal acetylenes is 1. The second-order valence-corrected chi connectivity index (χ2v) is 9.04. The third-order valence-corrected chi connectivity index (χ3v) is 8.01. The van der Waals surface area contributed by atoms with E-state index in [1.165, 1.54) is 12.5 Å². The molecule has 4 rings (SSSR count). The lowest BCUT2D eigenvalue weighted by atomic mass is 9.50. The average molecular weight is 356 g/mol. The Morgan fingerprint density at radius 2 is 2.08 bits per heavy atom. The molecule has 4 heteroatoms. The van der Waals surface area contributed by atoms with E-state index in [0.717, 1.165) is 32.1 Å². The van der Waals surface area contributed by atoms with Crippen LogP contribution in [0.5, 0.6) is 0 Å². The summed E-state index contributed by atoms with van der Waals surface area (Å²) in [4.78, 5) is 23.7. The molecule has 0 aromatic rings. The Hall–Kier alpha value is -1.60. The maximum Gasteiger partial charge on any atom is 0.302 e. The molecule has 7 atom stereocenters. The summed E-state index contributed by atoms with van der Waals surface area (Å²) in [5.74, 6) is 3.90. The lowest BCUT2D eigenvalue weighted by Crippen LogP contribution is -2.54. The molecule has 3 fully saturated rings. The van der Waals surface area contributed by atoms with E-state index in [0.29, 0.717) is 30.6 Å². The van der Waals surface area contributed by atoms with E-state index < -0.39 is 5.60 Å². The molecule has 4 nitrogen and oxygen atoms in total. The third kappa shape index (κ3) is 2.40. The molecule has 0 spiro atoms. The highest BCUT2D eigenvalue weighted by Gasteiger charge is 2.62. The second kappa shape index (κ2) is 5.96. The van der Waals surface area contributed by atoms with Crippen LogP contribution >= 0.6 is 0 Å². The molecule has 1 N–H and O–H groups in total. The van der Waals surface area contributed by atoms with Gasteiger partial charge in [-0.15, -0.1) is 6.42 Å². The van der Waals surface area contributed by atoms with Gasteiger partial charge in [-0.05, 0) is 62.4 Å². The lowest BCUT2D eigenvalue weighted by Gasteiger charge is -2.55. The number of ketones is 1. The number of hydrogen-bond acceptors (Lipinski definition) is 4. The first-order valence-corrected chi connectivity index (χ1v) is 9.90. The summed E-state index contributed by atoms with van der Waals surface area (Å²) in [7, 11) is 0. The first-order valence-electron chi connectivity index (χ1n) is 9.90. The summed E-state index contributed by atoms with van der Waals surface area (Å²) >= 11 is 0. The van der Waals surface area contributed by atoms with E-state index in [4.69, 9.17) is 11.2 Å². The fourth-order valence-electron chi connectivity index (χ4n) is 6.81. The number of esters is 1. The molecule has 4 aliphatic rings. The first-order chi connectivity index (χ1) is 12.3. The Morgan fingerprint density at radius 3 is 2.77 bits per heavy atom. The van der Waals surface area contributed by atoms with Crippen LogP contribution in [0.4, 0.5) is 0 Å². The van der Waals surface area contributed by atoms with Crippen molar-refractivity contribution in [2.75, 3.05) is 0 Å². The van der Waals surface area contributed by atoms with Gasteiger partial charge in [-0.2, -0.15) is 0 Å². The molecular formula is C22H28O4. The van der Waals surface area contributed by atoms with Crippen molar-refractivity contribution in [3.8, 4) is 12.3 Å². The summed E-state index contributed by atoms with van der Waals surface area (Å²) in [5.41, 5.74) is -0.0650. The summed E-state index contributed by atoms with van der Waals surface area (Å²) < 4.78 is 5.60. The maximum absolute atomic E-state index is 12.1. The van der Waals surface area contributed by atoms with Crippen molar-refractivity contribution in [1.82, 2.24) is 0 Å². The number of carbonyl (C=O) groups excluding carboxylic acids is 2. The molecule has 0 aromatic heterocycles. The fraction of sp³-hybridized carbons (Fsp3) is 0.727. The highest BCUT2D eigenvalue weighted by molar-refractivity contribution is 5.92. The Labute approximate surface area is 155 Å². The van der Waals surface area contributed by atoms with Gasteiger partial charge >= 0.3 is 5.97 Å². The van der Waals surface area contributed by atoms with Gasteiger partial charge in [-0.1, -0.05) is 18.4 Å². The van der Waals surface area contributed by atoms with Crippen LogP contribution in [-0.2, 0) is 14.3 Å². The van der Waals surface area contributed by atoms with E-state index in [1.54, 1.807) is 6.08 Å². The van der Waals surface area contributed by atoms with Crippen molar-refractivity contribution >= 4 is 11.8 Å². The first kappa shape index (κ1) is 17.8. The zero-order valence-corrected chi connectivity index (χ0v) is 15.7. The summed E-state index contributed by atoms with van der Waals surface area (Å²) in [5, 5.41) is 11.0. The van der Waals surface area contributed by atoms with Crippen LogP contribution in [0.25, 0.3) is 0 Å². The van der Waals surface area contributed by atoms with Crippen LogP contribution in [0.3, 0.4) is 0 Å². The number of ether oxygens (including phenoxy) is 1. The lowest BCUT2D eigenvalue weighted by molar-refractivity contribution is -0.155. The van der Waals surface area contributed by atoms with Crippen molar-refractivity contribution in [1.29, 1.82) is 0 Å². The molecule has 140 valence electrons. The highest BCUT2D eigenvalue weighted by atomic mass is 16.5. The van der Waals surface area contributed by atoms with E-state index in [1.807, 2.05) is 0 Å². The van der Waals surface area contributed by atoms with Crippen LogP contribution in [-0.4, -0.2) is 28.6 Å². The Morgan fingerprint density at radius 1 is 1.31 bits per heavy atom. The standard InChI is InChI=1S/C22H28O4/c1-4-22(25)10-8-18-16-6-5-14-11-15(24)12-19(26-13(2)23)20(14)17(16)7-9-21(18,22)3/h1,11,16-20,25H,5-10,12H2,2-3H3/t16-,17+,18+,19+,20+,21+,22-/m1/s1. The maximum atomic E-state index is 12.1. The molecule has 0 aliphatic heterocycles. The van der Waals surface area contributed by atoms with Crippen molar-refractivity contribution in [2.45, 2.75) is 70.5 Å². The van der Waals surface area contributed by atoms with E-state index >= 15 is 0 Å². The number of carbonyl (C=O) groups is 2. The topological polar surface area (TPSA) is 63.6 Å². The summed E-state index contributed by atoms with van der Waals surface area (Å²) in [6.07, 6.45) is 12.9. The minimum Gasteiger partial charge on any atom is -0.461 e. The molecule has 0 bridgehead atoms. The zero-order valence-electron chi connectivity index (χ0n) is 15.7. The van der Waals surface area contributed by atoms with Crippen molar-refractivity contribution in [3.05, 3.63) is 11.6 Å². The normalized spacial score (nSPS) is 47.1. The smallest absolute Gasteiger partial charge is 0.302 e. The van der Waals surface area contributed by atoms with Gasteiger partial charge in [0, 0.05) is 24.7 Å². The molecule has 0 unspecified atom stereocenters. The van der Waals surface area contributed by atoms with Gasteiger partial charge < -0.3 is 9.84 Å². The van der Waals surface area contributed by atoms with Crippen LogP contribution in [0.2, 0.25) is 0 Å². The van der Waals surface area contributed by atoms with Crippen molar-refractivity contribution in [3.63, 3.8) is 0 Å². The number of hydrogen-bond donors (Lipinski definition) is 1. The molecule has 4 aliphatic carbocycles. The molecule has 3 saturated carbocycles. The van der Waals surface area contributed by atoms with Crippen LogP contribution in [0.15, 0.2) is 11.6 Å². The highest BCUT2D eigenvalue weighted by Crippen LogP contribution is 2.64. The predicted molar refractivity (Wildman–Crippen MR) is 96.8 cm³/mol. The van der Waals surface area contributed by atoms with Crippen LogP contribution in [0, 0.1) is 41.4 Å². The largest absolute Gasteiger partial charge is 0.461 e. The van der Waals surface area contributed by atoms with Crippen molar-refractivity contribution in [2.24, 2.45) is 29.1 Å². The summed E-state index contributed by atoms with van der Waals surface area (Å²) in [6.45, 7) is 3.59. The van der Waals surface area contributed by atoms with Gasteiger partial charge in [-0.3, -0.25) is 9.59 Å². The number of rotatable bonds is 1. The van der Waals surface area contributed by atoms with Gasteiger partial charge in [-0.25, -0.2) is 0 Å². The fourth-order valence-corrected chi connectivity index (χ4v) is 6.81. The Bertz CT molecular complexity index is 716. The average Bonchev–Trinajstić information content (AvgIpc) is 2.86. The molecule has 0 amide bonds. The van der Waals surface area contributed by atoms with Gasteiger partial charge in [0.25, 0.3) is 0 Å². The van der Waals surface area contributed by atoms with E-state index in [9.17, 15) is 14.7 Å². The van der Waals surface area contributed by atoms with Gasteiger partial charge in [0.15, 0.2) is 5.78 Å². The SMILES string of the molecule is C#C[C@@]1(O)CC[C@H]2[C@@H]3CCC4=CC(=O)C[C@H](OC(C)=O)[C@@H]4[C@H]3CC[C@@]21C. The molecular weight excluding hydrogens is 328 g/mol. The Balaban J connectivity index is 1.67. The molecule has 26 heavy (non-hydrogen) atoms. The zero-order chi connectivity index (χ0) is 18.7. The molecule has 0 aromatic carbocycles. The van der Waals surface area contributed by atoms with Gasteiger partial charge in [0.2, 0.25) is 0 Å². The van der Waals surface area contributed by atoms with Crippen molar-refractivity contribution < 1.29 is 19.4 Å². The van der Waals surface area contributed by atoms with E-state index in [-0.39, 0.29) is 29.2 Å². The minimum absolute atomic E-state index is 0.0733. The Kier molecular flexibility index (Phi) is 4.08. The third-order valence-electron chi connectivity index (χ3n) is 8.01. The summed E-state index contributed by atoms with van der Waals surface area (Å²) in [6, 6.07) is 0. The molecule has 0 saturated heterocycles. The number of fused-ring (bicyclic) bond motifs is 5. The monoisotopic (exact) mass is 356 g/mol. The van der Waals surface area contributed by atoms with Crippen LogP contribution < -0.4 is 0 Å². The second-order valence-electron chi connectivity index (χ2n) is 9.04.